The summed E-state index contributed by atoms with van der Waals surface area (Å²) >= 11 is 0. The fourth-order valence-corrected chi connectivity index (χ4v) is 3.72. The highest BCUT2D eigenvalue weighted by Gasteiger charge is 2.26. The molecule has 5 nitrogen and oxygen atoms in total. The maximum atomic E-state index is 12.8. The summed E-state index contributed by atoms with van der Waals surface area (Å²) in [6, 6.07) is 6.46. The highest BCUT2D eigenvalue weighted by Crippen LogP contribution is 2.21. The third-order valence-electron chi connectivity index (χ3n) is 4.00. The molecule has 0 N–H and O–H groups in total. The zero-order valence-corrected chi connectivity index (χ0v) is 13.9. The van der Waals surface area contributed by atoms with E-state index in [4.69, 9.17) is 4.74 Å². The molecule has 122 valence electrons. The summed E-state index contributed by atoms with van der Waals surface area (Å²) in [4.78, 5) is 14.6. The minimum absolute atomic E-state index is 0.0140. The Morgan fingerprint density at radius 3 is 2.64 bits per heavy atom. The van der Waals surface area contributed by atoms with Crippen molar-refractivity contribution >= 4 is 15.7 Å². The number of carbonyl (C=O) groups excluding carboxylic acids is 1. The van der Waals surface area contributed by atoms with E-state index in [1.54, 1.807) is 30.0 Å². The number of ether oxygens (including phenoxy) is 1. The van der Waals surface area contributed by atoms with Crippen LogP contribution in [-0.2, 0) is 14.6 Å². The van der Waals surface area contributed by atoms with Crippen molar-refractivity contribution in [3.05, 3.63) is 29.8 Å². The standard InChI is InChI=1S/C16H23NO4S/c1-3-17(11-13-9-10-21-12-13)16(18)14-7-5-6-8-15(14)22(19,20)4-2/h5-8,13H,3-4,9-12H2,1-2H3/t13-/m0/s1. The quantitative estimate of drug-likeness (QED) is 0.802. The molecule has 1 aliphatic rings. The lowest BCUT2D eigenvalue weighted by Crippen LogP contribution is -2.36. The Hall–Kier alpha value is -1.40. The molecule has 0 aromatic heterocycles. The summed E-state index contributed by atoms with van der Waals surface area (Å²) in [5.41, 5.74) is 0.269. The van der Waals surface area contributed by atoms with Crippen LogP contribution >= 0.6 is 0 Å². The molecule has 0 aliphatic carbocycles. The number of hydrogen-bond donors (Lipinski definition) is 0. The summed E-state index contributed by atoms with van der Waals surface area (Å²) in [5, 5.41) is 0. The zero-order valence-electron chi connectivity index (χ0n) is 13.1. The Bertz CT molecular complexity index is 621. The Labute approximate surface area is 132 Å². The van der Waals surface area contributed by atoms with Gasteiger partial charge >= 0.3 is 0 Å². The predicted molar refractivity (Wildman–Crippen MR) is 84.7 cm³/mol. The van der Waals surface area contributed by atoms with Crippen molar-refractivity contribution in [2.75, 3.05) is 32.1 Å². The highest BCUT2D eigenvalue weighted by atomic mass is 32.2. The van der Waals surface area contributed by atoms with Gasteiger partial charge in [0.25, 0.3) is 5.91 Å². The first-order chi connectivity index (χ1) is 10.5. The van der Waals surface area contributed by atoms with Gasteiger partial charge < -0.3 is 9.64 Å². The van der Waals surface area contributed by atoms with Gasteiger partial charge in [-0.1, -0.05) is 19.1 Å². The molecule has 0 spiro atoms. The van der Waals surface area contributed by atoms with E-state index in [2.05, 4.69) is 0 Å². The second-order valence-electron chi connectivity index (χ2n) is 5.47. The number of amides is 1. The van der Waals surface area contributed by atoms with Gasteiger partial charge in [-0.3, -0.25) is 4.79 Å². The summed E-state index contributed by atoms with van der Waals surface area (Å²) in [6.07, 6.45) is 0.943. The second-order valence-corrected chi connectivity index (χ2v) is 7.72. The van der Waals surface area contributed by atoms with Crippen molar-refractivity contribution in [1.29, 1.82) is 0 Å². The molecule has 1 aromatic carbocycles. The first-order valence-electron chi connectivity index (χ1n) is 7.68. The number of benzene rings is 1. The molecule has 2 rings (SSSR count). The number of sulfone groups is 1. The van der Waals surface area contributed by atoms with Crippen molar-refractivity contribution in [1.82, 2.24) is 4.90 Å². The van der Waals surface area contributed by atoms with Crippen LogP contribution < -0.4 is 0 Å². The molecule has 0 radical (unpaired) electrons. The molecule has 1 heterocycles. The lowest BCUT2D eigenvalue weighted by molar-refractivity contribution is 0.0727. The molecular weight excluding hydrogens is 302 g/mol. The molecule has 0 unspecified atom stereocenters. The van der Waals surface area contributed by atoms with Crippen molar-refractivity contribution in [2.24, 2.45) is 5.92 Å². The normalized spacial score (nSPS) is 18.4. The zero-order chi connectivity index (χ0) is 16.2. The lowest BCUT2D eigenvalue weighted by Gasteiger charge is -2.24. The summed E-state index contributed by atoms with van der Waals surface area (Å²) < 4.78 is 29.7. The van der Waals surface area contributed by atoms with Crippen LogP contribution in [-0.4, -0.2) is 51.3 Å². The van der Waals surface area contributed by atoms with Crippen LogP contribution in [0.15, 0.2) is 29.2 Å². The fraction of sp³-hybridized carbons (Fsp3) is 0.562. The highest BCUT2D eigenvalue weighted by molar-refractivity contribution is 7.91. The van der Waals surface area contributed by atoms with Crippen LogP contribution in [0.25, 0.3) is 0 Å². The maximum absolute atomic E-state index is 12.8. The summed E-state index contributed by atoms with van der Waals surface area (Å²) in [6.45, 7) is 6.05. The van der Waals surface area contributed by atoms with E-state index >= 15 is 0 Å². The van der Waals surface area contributed by atoms with E-state index in [1.165, 1.54) is 6.07 Å². The first-order valence-corrected chi connectivity index (χ1v) is 9.33. The van der Waals surface area contributed by atoms with E-state index in [1.807, 2.05) is 6.92 Å². The van der Waals surface area contributed by atoms with Crippen LogP contribution in [0.3, 0.4) is 0 Å². The SMILES string of the molecule is CCN(C[C@@H]1CCOC1)C(=O)c1ccccc1S(=O)(=O)CC. The van der Waals surface area contributed by atoms with E-state index in [0.29, 0.717) is 25.6 Å². The minimum Gasteiger partial charge on any atom is -0.381 e. The molecule has 0 saturated carbocycles. The van der Waals surface area contributed by atoms with Gasteiger partial charge in [-0.25, -0.2) is 8.42 Å². The van der Waals surface area contributed by atoms with Gasteiger partial charge in [0.1, 0.15) is 0 Å². The number of hydrogen-bond acceptors (Lipinski definition) is 4. The van der Waals surface area contributed by atoms with Gasteiger partial charge in [-0.15, -0.1) is 0 Å². The van der Waals surface area contributed by atoms with Gasteiger partial charge in [0.05, 0.1) is 22.8 Å². The topological polar surface area (TPSA) is 63.7 Å². The van der Waals surface area contributed by atoms with Crippen molar-refractivity contribution in [3.63, 3.8) is 0 Å². The molecule has 1 aliphatic heterocycles. The average molecular weight is 325 g/mol. The molecule has 22 heavy (non-hydrogen) atoms. The minimum atomic E-state index is -3.42. The van der Waals surface area contributed by atoms with Gasteiger partial charge in [-0.2, -0.15) is 0 Å². The van der Waals surface area contributed by atoms with E-state index in [9.17, 15) is 13.2 Å². The maximum Gasteiger partial charge on any atom is 0.255 e. The lowest BCUT2D eigenvalue weighted by atomic mass is 10.1. The largest absolute Gasteiger partial charge is 0.381 e. The molecule has 1 saturated heterocycles. The smallest absolute Gasteiger partial charge is 0.255 e. The third-order valence-corrected chi connectivity index (χ3v) is 5.79. The van der Waals surface area contributed by atoms with E-state index < -0.39 is 9.84 Å². The average Bonchev–Trinajstić information content (AvgIpc) is 3.05. The summed E-state index contributed by atoms with van der Waals surface area (Å²) in [5.74, 6) is 0.0979. The molecule has 1 aromatic rings. The molecule has 1 amide bonds. The molecule has 1 fully saturated rings. The number of carbonyl (C=O) groups is 1. The Kier molecular flexibility index (Phi) is 5.58. The van der Waals surface area contributed by atoms with E-state index in [-0.39, 0.29) is 22.1 Å². The number of nitrogens with zero attached hydrogens (tertiary/aromatic N) is 1. The molecule has 0 bridgehead atoms. The first kappa shape index (κ1) is 17.0. The number of rotatable bonds is 6. The van der Waals surface area contributed by atoms with Crippen LogP contribution in [0.2, 0.25) is 0 Å². The third kappa shape index (κ3) is 3.67. The predicted octanol–water partition coefficient (Wildman–Crippen LogP) is 1.98. The Morgan fingerprint density at radius 1 is 1.32 bits per heavy atom. The monoisotopic (exact) mass is 325 g/mol. The van der Waals surface area contributed by atoms with Crippen LogP contribution in [0.4, 0.5) is 0 Å². The van der Waals surface area contributed by atoms with Crippen molar-refractivity contribution < 1.29 is 17.9 Å². The van der Waals surface area contributed by atoms with Gasteiger partial charge in [0, 0.05) is 25.6 Å². The van der Waals surface area contributed by atoms with Crippen molar-refractivity contribution in [3.8, 4) is 0 Å². The Morgan fingerprint density at radius 2 is 2.05 bits per heavy atom. The van der Waals surface area contributed by atoms with Gasteiger partial charge in [0.2, 0.25) is 0 Å². The van der Waals surface area contributed by atoms with Crippen molar-refractivity contribution in [2.45, 2.75) is 25.2 Å². The van der Waals surface area contributed by atoms with Gasteiger partial charge in [0.15, 0.2) is 9.84 Å². The van der Waals surface area contributed by atoms with Crippen LogP contribution in [0.5, 0.6) is 0 Å². The van der Waals surface area contributed by atoms with Gasteiger partial charge in [-0.05, 0) is 25.5 Å². The molecule has 6 heteroatoms. The summed E-state index contributed by atoms with van der Waals surface area (Å²) in [7, 11) is -3.42. The molecule has 1 atom stereocenters. The van der Waals surface area contributed by atoms with E-state index in [0.717, 1.165) is 13.0 Å². The van der Waals surface area contributed by atoms with Crippen LogP contribution in [0, 0.1) is 5.92 Å². The Balaban J connectivity index is 2.27. The molecular formula is C16H23NO4S. The fourth-order valence-electron chi connectivity index (χ4n) is 2.63. The second kappa shape index (κ2) is 7.24. The van der Waals surface area contributed by atoms with Crippen LogP contribution in [0.1, 0.15) is 30.6 Å².